The Bertz CT molecular complexity index is 493. The van der Waals surface area contributed by atoms with Gasteiger partial charge in [0.25, 0.3) is 0 Å². The van der Waals surface area contributed by atoms with Crippen LogP contribution in [-0.4, -0.2) is 31.7 Å². The maximum Gasteiger partial charge on any atom is 0.237 e. The van der Waals surface area contributed by atoms with Gasteiger partial charge in [0, 0.05) is 24.8 Å². The van der Waals surface area contributed by atoms with E-state index in [0.29, 0.717) is 18.2 Å². The third kappa shape index (κ3) is 5.01. The normalized spacial score (nSPS) is 11.3. The van der Waals surface area contributed by atoms with Gasteiger partial charge >= 0.3 is 0 Å². The average Bonchev–Trinajstić information content (AvgIpc) is 2.40. The molecular formula is C16H26N2O3. The Balaban J connectivity index is 3.00. The summed E-state index contributed by atoms with van der Waals surface area (Å²) in [7, 11) is 3.24. The summed E-state index contributed by atoms with van der Waals surface area (Å²) in [5.41, 5.74) is 2.16. The molecule has 0 aliphatic rings. The number of carbonyl (C=O) groups is 1. The van der Waals surface area contributed by atoms with Crippen LogP contribution in [0.3, 0.4) is 0 Å². The summed E-state index contributed by atoms with van der Waals surface area (Å²) in [6, 6.07) is 1.94. The van der Waals surface area contributed by atoms with Gasteiger partial charge in [-0.05, 0) is 31.4 Å². The van der Waals surface area contributed by atoms with Gasteiger partial charge in [0.2, 0.25) is 11.8 Å². The van der Waals surface area contributed by atoms with Crippen LogP contribution in [0.5, 0.6) is 5.88 Å². The smallest absolute Gasteiger partial charge is 0.237 e. The Morgan fingerprint density at radius 1 is 1.33 bits per heavy atom. The van der Waals surface area contributed by atoms with Gasteiger partial charge in [-0.2, -0.15) is 0 Å². The molecule has 0 fully saturated rings. The molecule has 0 unspecified atom stereocenters. The molecule has 0 aliphatic carbocycles. The summed E-state index contributed by atoms with van der Waals surface area (Å²) in [6.07, 6.45) is 1.77. The van der Waals surface area contributed by atoms with E-state index in [-0.39, 0.29) is 5.91 Å². The number of hydrogen-bond donors (Lipinski definition) is 1. The lowest BCUT2D eigenvalue weighted by Gasteiger charge is -2.19. The van der Waals surface area contributed by atoms with Crippen LogP contribution < -0.4 is 10.1 Å². The number of nitrogens with zero attached hydrogens (tertiary/aromatic N) is 1. The molecule has 1 aromatic rings. The maximum absolute atomic E-state index is 12.1. The fourth-order valence-corrected chi connectivity index (χ4v) is 1.84. The number of hydrogen-bond acceptors (Lipinski definition) is 4. The largest absolute Gasteiger partial charge is 0.480 e. The van der Waals surface area contributed by atoms with Crippen LogP contribution in [0.1, 0.15) is 38.4 Å². The van der Waals surface area contributed by atoms with Crippen molar-refractivity contribution in [2.24, 2.45) is 5.41 Å². The first-order valence-electron chi connectivity index (χ1n) is 7.14. The fourth-order valence-electron chi connectivity index (χ4n) is 1.84. The van der Waals surface area contributed by atoms with Crippen LogP contribution in [0.4, 0.5) is 5.69 Å². The zero-order valence-electron chi connectivity index (χ0n) is 13.9. The highest BCUT2D eigenvalue weighted by molar-refractivity contribution is 5.95. The second-order valence-electron chi connectivity index (χ2n) is 6.09. The molecule has 5 nitrogen and oxygen atoms in total. The SMILES string of the molecule is COCCCc1cc(NC(=O)C(C)(C)C)c(OC)nc1C. The first kappa shape index (κ1) is 17.4. The fraction of sp³-hybridized carbons (Fsp3) is 0.625. The van der Waals surface area contributed by atoms with Crippen molar-refractivity contribution >= 4 is 11.6 Å². The van der Waals surface area contributed by atoms with Gasteiger partial charge in [0.15, 0.2) is 0 Å². The van der Waals surface area contributed by atoms with Gasteiger partial charge in [-0.25, -0.2) is 4.98 Å². The second kappa shape index (κ2) is 7.41. The van der Waals surface area contributed by atoms with Crippen molar-refractivity contribution in [1.82, 2.24) is 4.98 Å². The molecule has 5 heteroatoms. The number of carbonyl (C=O) groups excluding carboxylic acids is 1. The number of nitrogens with one attached hydrogen (secondary N) is 1. The number of ether oxygens (including phenoxy) is 2. The molecule has 0 aromatic carbocycles. The van der Waals surface area contributed by atoms with Gasteiger partial charge in [0.05, 0.1) is 7.11 Å². The molecule has 0 bridgehead atoms. The molecule has 1 rings (SSSR count). The Hall–Kier alpha value is -1.62. The van der Waals surface area contributed by atoms with Crippen molar-refractivity contribution in [3.05, 3.63) is 17.3 Å². The molecule has 0 atom stereocenters. The first-order valence-corrected chi connectivity index (χ1v) is 7.14. The number of anilines is 1. The van der Waals surface area contributed by atoms with Gasteiger partial charge in [-0.1, -0.05) is 20.8 Å². The number of aryl methyl sites for hydroxylation is 2. The molecule has 0 saturated heterocycles. The molecule has 1 aromatic heterocycles. The first-order chi connectivity index (χ1) is 9.79. The molecule has 0 radical (unpaired) electrons. The highest BCUT2D eigenvalue weighted by Gasteiger charge is 2.23. The van der Waals surface area contributed by atoms with Crippen molar-refractivity contribution in [3.63, 3.8) is 0 Å². The van der Waals surface area contributed by atoms with Crippen molar-refractivity contribution in [3.8, 4) is 5.88 Å². The molecule has 0 spiro atoms. The molecule has 21 heavy (non-hydrogen) atoms. The second-order valence-corrected chi connectivity index (χ2v) is 6.09. The van der Waals surface area contributed by atoms with E-state index in [0.717, 1.165) is 24.1 Å². The molecule has 1 amide bonds. The topological polar surface area (TPSA) is 60.5 Å². The minimum atomic E-state index is -0.466. The van der Waals surface area contributed by atoms with Crippen LogP contribution in [0, 0.1) is 12.3 Å². The standard InChI is InChI=1S/C16H26N2O3/c1-11-12(8-7-9-20-5)10-13(14(17-11)21-6)18-15(19)16(2,3)4/h10H,7-9H2,1-6H3,(H,18,19). The van der Waals surface area contributed by atoms with E-state index < -0.39 is 5.41 Å². The van der Waals surface area contributed by atoms with E-state index in [9.17, 15) is 4.79 Å². The highest BCUT2D eigenvalue weighted by atomic mass is 16.5. The van der Waals surface area contributed by atoms with Gasteiger partial charge in [-0.15, -0.1) is 0 Å². The van der Waals surface area contributed by atoms with E-state index in [1.54, 1.807) is 14.2 Å². The molecular weight excluding hydrogens is 268 g/mol. The monoisotopic (exact) mass is 294 g/mol. The Labute approximate surface area is 127 Å². The lowest BCUT2D eigenvalue weighted by atomic mass is 9.95. The summed E-state index contributed by atoms with van der Waals surface area (Å²) in [4.78, 5) is 16.6. The van der Waals surface area contributed by atoms with E-state index in [2.05, 4.69) is 10.3 Å². The van der Waals surface area contributed by atoms with Crippen molar-refractivity contribution in [2.45, 2.75) is 40.5 Å². The number of aromatic nitrogens is 1. The average molecular weight is 294 g/mol. The third-order valence-corrected chi connectivity index (χ3v) is 3.20. The Morgan fingerprint density at radius 3 is 2.52 bits per heavy atom. The zero-order chi connectivity index (χ0) is 16.0. The molecule has 1 heterocycles. The molecule has 0 saturated carbocycles. The number of amides is 1. The molecule has 1 N–H and O–H groups in total. The predicted molar refractivity (Wildman–Crippen MR) is 83.8 cm³/mol. The quantitative estimate of drug-likeness (QED) is 0.819. The van der Waals surface area contributed by atoms with Crippen molar-refractivity contribution < 1.29 is 14.3 Å². The lowest BCUT2D eigenvalue weighted by Crippen LogP contribution is -2.28. The zero-order valence-corrected chi connectivity index (χ0v) is 13.9. The van der Waals surface area contributed by atoms with Crippen LogP contribution >= 0.6 is 0 Å². The summed E-state index contributed by atoms with van der Waals surface area (Å²) in [5, 5.41) is 2.90. The molecule has 0 aliphatic heterocycles. The highest BCUT2D eigenvalue weighted by Crippen LogP contribution is 2.27. The van der Waals surface area contributed by atoms with Gasteiger partial charge < -0.3 is 14.8 Å². The van der Waals surface area contributed by atoms with Crippen molar-refractivity contribution in [2.75, 3.05) is 26.1 Å². The van der Waals surface area contributed by atoms with Crippen molar-refractivity contribution in [1.29, 1.82) is 0 Å². The number of pyridine rings is 1. The lowest BCUT2D eigenvalue weighted by molar-refractivity contribution is -0.123. The van der Waals surface area contributed by atoms with Gasteiger partial charge in [0.1, 0.15) is 5.69 Å². The maximum atomic E-state index is 12.1. The minimum absolute atomic E-state index is 0.0608. The van der Waals surface area contributed by atoms with Crippen LogP contribution in [0.2, 0.25) is 0 Å². The summed E-state index contributed by atoms with van der Waals surface area (Å²) in [6.45, 7) is 8.26. The Kier molecular flexibility index (Phi) is 6.15. The number of rotatable bonds is 6. The third-order valence-electron chi connectivity index (χ3n) is 3.20. The summed E-state index contributed by atoms with van der Waals surface area (Å²) < 4.78 is 10.3. The summed E-state index contributed by atoms with van der Waals surface area (Å²) >= 11 is 0. The summed E-state index contributed by atoms with van der Waals surface area (Å²) in [5.74, 6) is 0.384. The van der Waals surface area contributed by atoms with E-state index >= 15 is 0 Å². The van der Waals surface area contributed by atoms with E-state index in [4.69, 9.17) is 9.47 Å². The van der Waals surface area contributed by atoms with Gasteiger partial charge in [-0.3, -0.25) is 4.79 Å². The molecule has 118 valence electrons. The predicted octanol–water partition coefficient (Wildman–Crippen LogP) is 2.96. The minimum Gasteiger partial charge on any atom is -0.480 e. The van der Waals surface area contributed by atoms with Crippen LogP contribution in [0.15, 0.2) is 6.07 Å². The van der Waals surface area contributed by atoms with Crippen LogP contribution in [0.25, 0.3) is 0 Å². The van der Waals surface area contributed by atoms with E-state index in [1.807, 2.05) is 33.8 Å². The number of methoxy groups -OCH3 is 2. The van der Waals surface area contributed by atoms with Crippen LogP contribution in [-0.2, 0) is 16.0 Å². The Morgan fingerprint density at radius 2 is 2.00 bits per heavy atom. The van der Waals surface area contributed by atoms with E-state index in [1.165, 1.54) is 0 Å².